The minimum atomic E-state index is -2.62. The molecule has 9 heavy (non-hydrogen) atoms. The van der Waals surface area contributed by atoms with E-state index in [1.54, 1.807) is 0 Å². The zero-order chi connectivity index (χ0) is 6.91. The van der Waals surface area contributed by atoms with Gasteiger partial charge in [0.1, 0.15) is 12.2 Å². The van der Waals surface area contributed by atoms with E-state index in [0.29, 0.717) is 6.42 Å². The minimum Gasteiger partial charge on any atom is -0.356 e. The molecule has 1 aliphatic carbocycles. The molecular formula is C5H7ClF2O. The molecule has 1 atom stereocenters. The molecule has 4 heteroatoms. The third-order valence-corrected chi connectivity index (χ3v) is 1.60. The van der Waals surface area contributed by atoms with Crippen molar-refractivity contribution in [1.82, 2.24) is 0 Å². The van der Waals surface area contributed by atoms with Gasteiger partial charge in [0.2, 0.25) is 0 Å². The minimum absolute atomic E-state index is 0.0610. The molecule has 0 aromatic carbocycles. The average Bonchev–Trinajstić information content (AvgIpc) is 1.81. The molecule has 0 bridgehead atoms. The molecule has 1 fully saturated rings. The SMILES string of the molecule is FC1(F)CCC1OCCl. The van der Waals surface area contributed by atoms with Crippen LogP contribution in [-0.4, -0.2) is 18.1 Å². The smallest absolute Gasteiger partial charge is 0.273 e. The molecular weight excluding hydrogens is 150 g/mol. The lowest BCUT2D eigenvalue weighted by Crippen LogP contribution is -2.45. The molecule has 54 valence electrons. The van der Waals surface area contributed by atoms with Crippen molar-refractivity contribution in [2.75, 3.05) is 6.07 Å². The number of ether oxygens (including phenoxy) is 1. The fourth-order valence-corrected chi connectivity index (χ4v) is 0.914. The summed E-state index contributed by atoms with van der Waals surface area (Å²) >= 11 is 5.08. The fourth-order valence-electron chi connectivity index (χ4n) is 0.762. The molecule has 1 rings (SSSR count). The van der Waals surface area contributed by atoms with E-state index in [0.717, 1.165) is 0 Å². The lowest BCUT2D eigenvalue weighted by atomic mass is 9.91. The third-order valence-electron chi connectivity index (χ3n) is 1.48. The molecule has 0 aromatic rings. The molecule has 1 saturated carbocycles. The molecule has 0 aliphatic heterocycles. The van der Waals surface area contributed by atoms with Gasteiger partial charge in [0.05, 0.1) is 0 Å². The maximum absolute atomic E-state index is 12.2. The molecule has 0 saturated heterocycles. The van der Waals surface area contributed by atoms with Gasteiger partial charge >= 0.3 is 0 Å². The van der Waals surface area contributed by atoms with Gasteiger partial charge in [-0.2, -0.15) is 0 Å². The van der Waals surface area contributed by atoms with Crippen molar-refractivity contribution in [2.24, 2.45) is 0 Å². The van der Waals surface area contributed by atoms with Crippen molar-refractivity contribution in [3.63, 3.8) is 0 Å². The van der Waals surface area contributed by atoms with E-state index in [-0.39, 0.29) is 12.5 Å². The zero-order valence-corrected chi connectivity index (χ0v) is 5.50. The van der Waals surface area contributed by atoms with Crippen molar-refractivity contribution in [3.8, 4) is 0 Å². The van der Waals surface area contributed by atoms with Crippen LogP contribution in [0.4, 0.5) is 8.78 Å². The summed E-state index contributed by atoms with van der Waals surface area (Å²) in [4.78, 5) is 0. The fraction of sp³-hybridized carbons (Fsp3) is 1.00. The van der Waals surface area contributed by atoms with Crippen LogP contribution in [0, 0.1) is 0 Å². The van der Waals surface area contributed by atoms with Crippen LogP contribution in [0.2, 0.25) is 0 Å². The first-order valence-corrected chi connectivity index (χ1v) is 3.25. The molecule has 0 heterocycles. The zero-order valence-electron chi connectivity index (χ0n) is 4.74. The first-order valence-electron chi connectivity index (χ1n) is 2.72. The van der Waals surface area contributed by atoms with Crippen LogP contribution in [0.5, 0.6) is 0 Å². The molecule has 0 amide bonds. The van der Waals surface area contributed by atoms with Crippen molar-refractivity contribution >= 4 is 11.6 Å². The van der Waals surface area contributed by atoms with E-state index in [2.05, 4.69) is 4.74 Å². The van der Waals surface area contributed by atoms with Gasteiger partial charge in [-0.05, 0) is 6.42 Å². The number of hydrogen-bond acceptors (Lipinski definition) is 1. The second-order valence-electron chi connectivity index (χ2n) is 2.06. The Bertz CT molecular complexity index is 107. The predicted molar refractivity (Wildman–Crippen MR) is 29.8 cm³/mol. The first kappa shape index (κ1) is 7.22. The van der Waals surface area contributed by atoms with Crippen molar-refractivity contribution < 1.29 is 13.5 Å². The maximum atomic E-state index is 12.2. The van der Waals surface area contributed by atoms with Gasteiger partial charge in [0.25, 0.3) is 5.92 Å². The van der Waals surface area contributed by atoms with Crippen LogP contribution >= 0.6 is 11.6 Å². The Balaban J connectivity index is 2.28. The number of alkyl halides is 3. The topological polar surface area (TPSA) is 9.23 Å². The van der Waals surface area contributed by atoms with Gasteiger partial charge in [-0.25, -0.2) is 8.78 Å². The van der Waals surface area contributed by atoms with Gasteiger partial charge in [-0.3, -0.25) is 0 Å². The standard InChI is InChI=1S/C5H7ClF2O/c6-3-9-4-1-2-5(4,7)8/h4H,1-3H2. The maximum Gasteiger partial charge on any atom is 0.273 e. The Hall–Kier alpha value is 0.110. The monoisotopic (exact) mass is 156 g/mol. The Kier molecular flexibility index (Phi) is 1.91. The highest BCUT2D eigenvalue weighted by atomic mass is 35.5. The Morgan fingerprint density at radius 3 is 2.44 bits per heavy atom. The Morgan fingerprint density at radius 1 is 1.67 bits per heavy atom. The number of hydrogen-bond donors (Lipinski definition) is 0. The van der Waals surface area contributed by atoms with Crippen LogP contribution in [0.25, 0.3) is 0 Å². The summed E-state index contributed by atoms with van der Waals surface area (Å²) in [5.41, 5.74) is 0. The molecule has 0 N–H and O–H groups in total. The Morgan fingerprint density at radius 2 is 2.33 bits per heavy atom. The first-order chi connectivity index (χ1) is 4.17. The normalized spacial score (nSPS) is 31.7. The van der Waals surface area contributed by atoms with E-state index < -0.39 is 12.0 Å². The highest BCUT2D eigenvalue weighted by Crippen LogP contribution is 2.39. The second-order valence-corrected chi connectivity index (χ2v) is 2.28. The summed E-state index contributed by atoms with van der Waals surface area (Å²) in [6, 6.07) is -0.139. The van der Waals surface area contributed by atoms with E-state index in [1.165, 1.54) is 0 Å². The molecule has 0 spiro atoms. The molecule has 0 aromatic heterocycles. The summed E-state index contributed by atoms with van der Waals surface area (Å²) in [7, 11) is 0. The summed E-state index contributed by atoms with van der Waals surface area (Å²) in [6.07, 6.45) is -0.552. The highest BCUT2D eigenvalue weighted by Gasteiger charge is 2.49. The summed E-state index contributed by atoms with van der Waals surface area (Å²) < 4.78 is 28.9. The second kappa shape index (κ2) is 2.39. The molecule has 1 aliphatic rings. The number of halogens is 3. The largest absolute Gasteiger partial charge is 0.356 e. The lowest BCUT2D eigenvalue weighted by Gasteiger charge is -2.34. The quantitative estimate of drug-likeness (QED) is 0.556. The molecule has 1 unspecified atom stereocenters. The predicted octanol–water partition coefficient (Wildman–Crippen LogP) is 2.00. The van der Waals surface area contributed by atoms with Crippen molar-refractivity contribution in [1.29, 1.82) is 0 Å². The summed E-state index contributed by atoms with van der Waals surface area (Å²) in [5.74, 6) is -2.62. The van der Waals surface area contributed by atoms with Crippen LogP contribution < -0.4 is 0 Å². The molecule has 1 nitrogen and oxygen atoms in total. The average molecular weight is 157 g/mol. The van der Waals surface area contributed by atoms with Crippen molar-refractivity contribution in [3.05, 3.63) is 0 Å². The van der Waals surface area contributed by atoms with Gasteiger partial charge in [0, 0.05) is 6.42 Å². The van der Waals surface area contributed by atoms with E-state index in [1.807, 2.05) is 0 Å². The van der Waals surface area contributed by atoms with Gasteiger partial charge < -0.3 is 4.74 Å². The van der Waals surface area contributed by atoms with Crippen molar-refractivity contribution in [2.45, 2.75) is 24.9 Å². The van der Waals surface area contributed by atoms with E-state index in [4.69, 9.17) is 11.6 Å². The van der Waals surface area contributed by atoms with E-state index in [9.17, 15) is 8.78 Å². The molecule has 0 radical (unpaired) electrons. The van der Waals surface area contributed by atoms with Gasteiger partial charge in [-0.15, -0.1) is 0 Å². The van der Waals surface area contributed by atoms with Crippen LogP contribution in [-0.2, 0) is 4.74 Å². The van der Waals surface area contributed by atoms with E-state index >= 15 is 0 Å². The van der Waals surface area contributed by atoms with Gasteiger partial charge in [-0.1, -0.05) is 11.6 Å². The summed E-state index contributed by atoms with van der Waals surface area (Å²) in [5, 5.41) is 0. The number of rotatable bonds is 2. The lowest BCUT2D eigenvalue weighted by molar-refractivity contribution is -0.192. The highest BCUT2D eigenvalue weighted by molar-refractivity contribution is 6.17. The summed E-state index contributed by atoms with van der Waals surface area (Å²) in [6.45, 7) is 0. The van der Waals surface area contributed by atoms with Gasteiger partial charge in [0.15, 0.2) is 0 Å². The van der Waals surface area contributed by atoms with Crippen LogP contribution in [0.1, 0.15) is 12.8 Å². The van der Waals surface area contributed by atoms with Crippen LogP contribution in [0.15, 0.2) is 0 Å². The third kappa shape index (κ3) is 1.33. The van der Waals surface area contributed by atoms with Crippen LogP contribution in [0.3, 0.4) is 0 Å². The Labute approximate surface area is 56.9 Å².